The first-order valence-corrected chi connectivity index (χ1v) is 4.76. The first-order valence-electron chi connectivity index (χ1n) is 4.76. The van der Waals surface area contributed by atoms with Crippen molar-refractivity contribution in [2.45, 2.75) is 13.0 Å². The SMILES string of the molecule is CCOCC(N)c1c(F)c(F)c(F)c(F)c1F. The van der Waals surface area contributed by atoms with Crippen LogP contribution < -0.4 is 5.73 Å². The molecule has 1 aromatic rings. The van der Waals surface area contributed by atoms with Gasteiger partial charge in [0.15, 0.2) is 23.3 Å². The monoisotopic (exact) mass is 255 g/mol. The molecule has 0 amide bonds. The molecular formula is C10H10F5NO. The zero-order chi connectivity index (χ0) is 13.2. The summed E-state index contributed by atoms with van der Waals surface area (Å²) in [5.41, 5.74) is 4.25. The van der Waals surface area contributed by atoms with Crippen LogP contribution in [0.3, 0.4) is 0 Å². The lowest BCUT2D eigenvalue weighted by atomic mass is 10.1. The molecule has 2 nitrogen and oxygen atoms in total. The lowest BCUT2D eigenvalue weighted by molar-refractivity contribution is 0.130. The van der Waals surface area contributed by atoms with Gasteiger partial charge in [-0.2, -0.15) is 0 Å². The predicted molar refractivity (Wildman–Crippen MR) is 49.7 cm³/mol. The second kappa shape index (κ2) is 5.42. The molecule has 0 bridgehead atoms. The summed E-state index contributed by atoms with van der Waals surface area (Å²) in [6.45, 7) is 1.48. The van der Waals surface area contributed by atoms with Crippen molar-refractivity contribution in [3.63, 3.8) is 0 Å². The fourth-order valence-electron chi connectivity index (χ4n) is 1.28. The number of benzene rings is 1. The minimum atomic E-state index is -2.20. The van der Waals surface area contributed by atoms with E-state index in [-0.39, 0.29) is 13.2 Å². The number of hydrogen-bond donors (Lipinski definition) is 1. The molecule has 0 radical (unpaired) electrons. The summed E-state index contributed by atoms with van der Waals surface area (Å²) in [7, 11) is 0. The third kappa shape index (κ3) is 2.55. The Morgan fingerprint density at radius 3 is 1.76 bits per heavy atom. The molecule has 1 atom stereocenters. The highest BCUT2D eigenvalue weighted by molar-refractivity contribution is 5.26. The van der Waals surface area contributed by atoms with Crippen LogP contribution in [-0.4, -0.2) is 13.2 Å². The summed E-state index contributed by atoms with van der Waals surface area (Å²) >= 11 is 0. The van der Waals surface area contributed by atoms with E-state index in [0.29, 0.717) is 0 Å². The number of halogens is 5. The Hall–Kier alpha value is -1.21. The van der Waals surface area contributed by atoms with Crippen molar-refractivity contribution in [3.8, 4) is 0 Å². The number of hydrogen-bond acceptors (Lipinski definition) is 2. The molecule has 0 aliphatic carbocycles. The van der Waals surface area contributed by atoms with Crippen molar-refractivity contribution >= 4 is 0 Å². The van der Waals surface area contributed by atoms with Gasteiger partial charge in [0.05, 0.1) is 12.6 Å². The summed E-state index contributed by atoms with van der Waals surface area (Å²) in [6, 6.07) is -1.42. The van der Waals surface area contributed by atoms with Crippen molar-refractivity contribution < 1.29 is 26.7 Å². The lowest BCUT2D eigenvalue weighted by Crippen LogP contribution is -2.22. The summed E-state index contributed by atoms with van der Waals surface area (Å²) < 4.78 is 69.6. The van der Waals surface area contributed by atoms with E-state index in [4.69, 9.17) is 10.5 Å². The predicted octanol–water partition coefficient (Wildman–Crippen LogP) is 2.42. The summed E-state index contributed by atoms with van der Waals surface area (Å²) in [4.78, 5) is 0. The zero-order valence-corrected chi connectivity index (χ0v) is 8.87. The summed E-state index contributed by atoms with van der Waals surface area (Å²) in [5, 5.41) is 0. The van der Waals surface area contributed by atoms with E-state index < -0.39 is 40.7 Å². The molecule has 1 rings (SSSR count). The van der Waals surface area contributed by atoms with Gasteiger partial charge in [-0.1, -0.05) is 0 Å². The molecule has 2 N–H and O–H groups in total. The lowest BCUT2D eigenvalue weighted by Gasteiger charge is -2.14. The molecule has 0 heterocycles. The van der Waals surface area contributed by atoms with Crippen LogP contribution in [0.1, 0.15) is 18.5 Å². The Balaban J connectivity index is 3.24. The molecule has 0 aliphatic heterocycles. The van der Waals surface area contributed by atoms with E-state index in [1.807, 2.05) is 0 Å². The van der Waals surface area contributed by atoms with Gasteiger partial charge in [0.1, 0.15) is 0 Å². The molecule has 7 heteroatoms. The maximum atomic E-state index is 13.2. The highest BCUT2D eigenvalue weighted by Crippen LogP contribution is 2.26. The highest BCUT2D eigenvalue weighted by Gasteiger charge is 2.28. The minimum absolute atomic E-state index is 0.211. The van der Waals surface area contributed by atoms with Crippen molar-refractivity contribution in [2.75, 3.05) is 13.2 Å². The van der Waals surface area contributed by atoms with Crippen LogP contribution >= 0.6 is 0 Å². The number of ether oxygens (including phenoxy) is 1. The third-order valence-corrected chi connectivity index (χ3v) is 2.12. The zero-order valence-electron chi connectivity index (χ0n) is 8.87. The second-order valence-electron chi connectivity index (χ2n) is 3.25. The molecule has 0 saturated heterocycles. The quantitative estimate of drug-likeness (QED) is 0.509. The van der Waals surface area contributed by atoms with E-state index in [9.17, 15) is 22.0 Å². The molecule has 17 heavy (non-hydrogen) atoms. The molecule has 0 aliphatic rings. The van der Waals surface area contributed by atoms with Gasteiger partial charge in [-0.05, 0) is 6.92 Å². The topological polar surface area (TPSA) is 35.2 Å². The van der Waals surface area contributed by atoms with Gasteiger partial charge in [-0.25, -0.2) is 22.0 Å². The van der Waals surface area contributed by atoms with Gasteiger partial charge in [0, 0.05) is 12.2 Å². The van der Waals surface area contributed by atoms with E-state index >= 15 is 0 Å². The highest BCUT2D eigenvalue weighted by atomic mass is 19.2. The Morgan fingerprint density at radius 2 is 1.35 bits per heavy atom. The molecule has 1 unspecified atom stereocenters. The van der Waals surface area contributed by atoms with Crippen LogP contribution in [0.5, 0.6) is 0 Å². The van der Waals surface area contributed by atoms with Crippen LogP contribution in [-0.2, 0) is 4.74 Å². The first kappa shape index (κ1) is 13.9. The second-order valence-corrected chi connectivity index (χ2v) is 3.25. The van der Waals surface area contributed by atoms with Crippen molar-refractivity contribution in [3.05, 3.63) is 34.6 Å². The van der Waals surface area contributed by atoms with Crippen LogP contribution in [0.15, 0.2) is 0 Å². The van der Waals surface area contributed by atoms with Crippen molar-refractivity contribution in [2.24, 2.45) is 5.73 Å². The van der Waals surface area contributed by atoms with Crippen LogP contribution in [0.25, 0.3) is 0 Å². The molecule has 0 fully saturated rings. The Kier molecular flexibility index (Phi) is 4.41. The minimum Gasteiger partial charge on any atom is -0.380 e. The molecule has 0 aromatic heterocycles. The number of rotatable bonds is 4. The van der Waals surface area contributed by atoms with Gasteiger partial charge in [-0.3, -0.25) is 0 Å². The first-order chi connectivity index (χ1) is 7.91. The third-order valence-electron chi connectivity index (χ3n) is 2.12. The van der Waals surface area contributed by atoms with Crippen LogP contribution in [0, 0.1) is 29.1 Å². The normalized spacial score (nSPS) is 12.9. The van der Waals surface area contributed by atoms with Crippen LogP contribution in [0.2, 0.25) is 0 Å². The van der Waals surface area contributed by atoms with Gasteiger partial charge < -0.3 is 10.5 Å². The maximum absolute atomic E-state index is 13.2. The molecule has 1 aromatic carbocycles. The Labute approximate surface area is 94.2 Å². The maximum Gasteiger partial charge on any atom is 0.200 e. The van der Waals surface area contributed by atoms with E-state index in [0.717, 1.165) is 0 Å². The fraction of sp³-hybridized carbons (Fsp3) is 0.400. The van der Waals surface area contributed by atoms with E-state index in [1.54, 1.807) is 6.92 Å². The van der Waals surface area contributed by atoms with Crippen LogP contribution in [0.4, 0.5) is 22.0 Å². The van der Waals surface area contributed by atoms with Crippen molar-refractivity contribution in [1.82, 2.24) is 0 Å². The standard InChI is InChI=1S/C10H10F5NO/c1-2-17-3-4(16)5-6(11)8(13)10(15)9(14)7(5)12/h4H,2-3,16H2,1H3. The largest absolute Gasteiger partial charge is 0.380 e. The van der Waals surface area contributed by atoms with Gasteiger partial charge in [-0.15, -0.1) is 0 Å². The van der Waals surface area contributed by atoms with Gasteiger partial charge in [0.2, 0.25) is 5.82 Å². The smallest absolute Gasteiger partial charge is 0.200 e. The van der Waals surface area contributed by atoms with Crippen molar-refractivity contribution in [1.29, 1.82) is 0 Å². The van der Waals surface area contributed by atoms with Gasteiger partial charge in [0.25, 0.3) is 0 Å². The Morgan fingerprint density at radius 1 is 0.941 bits per heavy atom. The fourth-order valence-corrected chi connectivity index (χ4v) is 1.28. The van der Waals surface area contributed by atoms with E-state index in [2.05, 4.69) is 0 Å². The summed E-state index contributed by atoms with van der Waals surface area (Å²) in [6.07, 6.45) is 0. The average Bonchev–Trinajstić information content (AvgIpc) is 2.31. The van der Waals surface area contributed by atoms with E-state index in [1.165, 1.54) is 0 Å². The van der Waals surface area contributed by atoms with Gasteiger partial charge >= 0.3 is 0 Å². The Bertz CT molecular complexity index is 395. The summed E-state index contributed by atoms with van der Waals surface area (Å²) in [5.74, 6) is -10.1. The molecule has 0 saturated carbocycles. The molecular weight excluding hydrogens is 245 g/mol. The number of nitrogens with two attached hydrogens (primary N) is 1. The molecule has 96 valence electrons. The molecule has 0 spiro atoms. The average molecular weight is 255 g/mol.